The number of oxazole rings is 1. The third-order valence-electron chi connectivity index (χ3n) is 5.04. The van der Waals surface area contributed by atoms with E-state index in [4.69, 9.17) is 13.9 Å². The number of rotatable bonds is 5. The first-order valence-corrected chi connectivity index (χ1v) is 8.49. The zero-order valence-electron chi connectivity index (χ0n) is 14.2. The van der Waals surface area contributed by atoms with Crippen LogP contribution in [0.2, 0.25) is 0 Å². The Bertz CT molecular complexity index is 740. The summed E-state index contributed by atoms with van der Waals surface area (Å²) in [5.74, 6) is 0.483. The topological polar surface area (TPSA) is 77.7 Å². The van der Waals surface area contributed by atoms with Gasteiger partial charge in [-0.2, -0.15) is 0 Å². The molecule has 4 rings (SSSR count). The Morgan fingerprint density at radius 2 is 2.28 bits per heavy atom. The summed E-state index contributed by atoms with van der Waals surface area (Å²) in [5.41, 5.74) is 1.25. The van der Waals surface area contributed by atoms with E-state index in [1.54, 1.807) is 18.0 Å². The van der Waals surface area contributed by atoms with Gasteiger partial charge in [-0.25, -0.2) is 4.98 Å². The van der Waals surface area contributed by atoms with Crippen LogP contribution in [0, 0.1) is 12.8 Å². The van der Waals surface area contributed by atoms with Gasteiger partial charge in [-0.1, -0.05) is 6.07 Å². The van der Waals surface area contributed by atoms with Crippen molar-refractivity contribution in [3.8, 4) is 0 Å². The summed E-state index contributed by atoms with van der Waals surface area (Å²) in [5, 5.41) is 0. The summed E-state index contributed by atoms with van der Waals surface area (Å²) >= 11 is 0. The number of carbonyl (C=O) groups is 1. The molecule has 4 heterocycles. The van der Waals surface area contributed by atoms with E-state index in [2.05, 4.69) is 9.97 Å². The van der Waals surface area contributed by atoms with Crippen LogP contribution >= 0.6 is 0 Å². The van der Waals surface area contributed by atoms with Gasteiger partial charge in [-0.3, -0.25) is 9.78 Å². The molecule has 0 aromatic carbocycles. The number of hydrogen-bond acceptors (Lipinski definition) is 6. The van der Waals surface area contributed by atoms with Crippen molar-refractivity contribution < 1.29 is 18.7 Å². The van der Waals surface area contributed by atoms with Gasteiger partial charge in [-0.15, -0.1) is 0 Å². The molecule has 2 aliphatic rings. The van der Waals surface area contributed by atoms with Crippen molar-refractivity contribution in [2.45, 2.75) is 25.6 Å². The average molecular weight is 343 g/mol. The largest absolute Gasteiger partial charge is 0.438 e. The van der Waals surface area contributed by atoms with Gasteiger partial charge in [0.15, 0.2) is 6.39 Å². The van der Waals surface area contributed by atoms with Gasteiger partial charge < -0.3 is 18.8 Å². The summed E-state index contributed by atoms with van der Waals surface area (Å²) in [6.07, 6.45) is 4.02. The Morgan fingerprint density at radius 1 is 1.40 bits per heavy atom. The van der Waals surface area contributed by atoms with E-state index >= 15 is 0 Å². The highest BCUT2D eigenvalue weighted by Gasteiger charge is 2.55. The van der Waals surface area contributed by atoms with Crippen LogP contribution in [-0.2, 0) is 16.1 Å². The predicted octanol–water partition coefficient (Wildman–Crippen LogP) is 1.83. The van der Waals surface area contributed by atoms with Gasteiger partial charge in [0.25, 0.3) is 5.91 Å². The number of likely N-dealkylation sites (tertiary alicyclic amines) is 1. The highest BCUT2D eigenvalue weighted by atomic mass is 16.5. The molecule has 132 valence electrons. The molecule has 0 radical (unpaired) electrons. The fourth-order valence-electron chi connectivity index (χ4n) is 3.55. The molecule has 1 atom stereocenters. The molecule has 2 fully saturated rings. The van der Waals surface area contributed by atoms with E-state index in [1.165, 1.54) is 6.39 Å². The molecular formula is C18H21N3O4. The number of amides is 1. The van der Waals surface area contributed by atoms with E-state index in [0.717, 1.165) is 12.1 Å². The molecule has 0 bridgehead atoms. The number of ether oxygens (including phenoxy) is 2. The quantitative estimate of drug-likeness (QED) is 0.824. The second-order valence-electron chi connectivity index (χ2n) is 6.66. The first kappa shape index (κ1) is 16.2. The minimum Gasteiger partial charge on any atom is -0.438 e. The fraction of sp³-hybridized carbons (Fsp3) is 0.500. The van der Waals surface area contributed by atoms with Crippen LogP contribution in [0.4, 0.5) is 0 Å². The van der Waals surface area contributed by atoms with Crippen LogP contribution in [0.25, 0.3) is 0 Å². The molecule has 1 spiro atoms. The lowest BCUT2D eigenvalue weighted by molar-refractivity contribution is -0.129. The molecule has 7 nitrogen and oxygen atoms in total. The Kier molecular flexibility index (Phi) is 4.27. The number of aryl methyl sites for hydroxylation is 1. The summed E-state index contributed by atoms with van der Waals surface area (Å²) < 4.78 is 17.0. The fourth-order valence-corrected chi connectivity index (χ4v) is 3.55. The van der Waals surface area contributed by atoms with E-state index in [1.807, 2.05) is 18.2 Å². The lowest BCUT2D eigenvalue weighted by Gasteiger charge is -2.49. The number of nitrogens with zero attached hydrogens (tertiary/aromatic N) is 3. The van der Waals surface area contributed by atoms with Crippen LogP contribution in [0.3, 0.4) is 0 Å². The molecule has 1 unspecified atom stereocenters. The van der Waals surface area contributed by atoms with Crippen molar-refractivity contribution in [3.63, 3.8) is 0 Å². The maximum Gasteiger partial charge on any atom is 0.291 e. The third-order valence-corrected chi connectivity index (χ3v) is 5.04. The Labute approximate surface area is 146 Å². The van der Waals surface area contributed by atoms with Crippen molar-refractivity contribution in [1.29, 1.82) is 0 Å². The second kappa shape index (κ2) is 6.57. The Morgan fingerprint density at radius 3 is 3.00 bits per heavy atom. The van der Waals surface area contributed by atoms with Crippen LogP contribution in [0.5, 0.6) is 0 Å². The summed E-state index contributed by atoms with van der Waals surface area (Å²) in [7, 11) is 0. The van der Waals surface area contributed by atoms with Crippen molar-refractivity contribution >= 4 is 5.91 Å². The number of hydrogen-bond donors (Lipinski definition) is 0. The van der Waals surface area contributed by atoms with Crippen molar-refractivity contribution in [2.75, 3.05) is 26.3 Å². The minimum absolute atomic E-state index is 0.121. The number of carbonyl (C=O) groups excluding carboxylic acids is 1. The van der Waals surface area contributed by atoms with Gasteiger partial charge in [-0.05, 0) is 25.5 Å². The van der Waals surface area contributed by atoms with Crippen LogP contribution < -0.4 is 0 Å². The smallest absolute Gasteiger partial charge is 0.291 e. The van der Waals surface area contributed by atoms with Gasteiger partial charge >= 0.3 is 0 Å². The minimum atomic E-state index is -0.284. The van der Waals surface area contributed by atoms with E-state index in [-0.39, 0.29) is 17.4 Å². The first-order valence-electron chi connectivity index (χ1n) is 8.49. The van der Waals surface area contributed by atoms with Crippen molar-refractivity contribution in [1.82, 2.24) is 14.9 Å². The normalized spacial score (nSPS) is 21.5. The highest BCUT2D eigenvalue weighted by molar-refractivity contribution is 5.93. The molecule has 0 saturated carbocycles. The van der Waals surface area contributed by atoms with Gasteiger partial charge in [0.1, 0.15) is 5.60 Å². The highest BCUT2D eigenvalue weighted by Crippen LogP contribution is 2.40. The zero-order chi connectivity index (χ0) is 17.3. The maximum atomic E-state index is 12.5. The molecule has 1 amide bonds. The number of pyridine rings is 1. The lowest BCUT2D eigenvalue weighted by atomic mass is 9.81. The van der Waals surface area contributed by atoms with Gasteiger partial charge in [0, 0.05) is 18.7 Å². The van der Waals surface area contributed by atoms with Crippen LogP contribution in [0.15, 0.2) is 35.2 Å². The summed E-state index contributed by atoms with van der Waals surface area (Å²) in [6, 6.07) is 5.79. The predicted molar refractivity (Wildman–Crippen MR) is 87.8 cm³/mol. The zero-order valence-corrected chi connectivity index (χ0v) is 14.2. The lowest BCUT2D eigenvalue weighted by Crippen LogP contribution is -2.66. The van der Waals surface area contributed by atoms with E-state index < -0.39 is 0 Å². The summed E-state index contributed by atoms with van der Waals surface area (Å²) in [4.78, 5) is 22.4. The molecule has 25 heavy (non-hydrogen) atoms. The molecule has 2 aromatic heterocycles. The number of aromatic nitrogens is 2. The second-order valence-corrected chi connectivity index (χ2v) is 6.66. The Balaban J connectivity index is 1.32. The third kappa shape index (κ3) is 3.05. The van der Waals surface area contributed by atoms with E-state index in [9.17, 15) is 4.79 Å². The molecule has 0 aliphatic carbocycles. The standard InChI is InChI=1S/C18H21N3O4/c1-13-16(24-12-20-13)17(22)21-10-18(11-21)14(5-7-25-18)8-23-9-15-4-2-3-6-19-15/h2-4,6,12,14H,5,7-11H2,1H3. The van der Waals surface area contributed by atoms with E-state index in [0.29, 0.717) is 44.4 Å². The molecule has 7 heteroatoms. The first-order chi connectivity index (χ1) is 12.2. The SMILES string of the molecule is Cc1ncoc1C(=O)N1CC2(C1)OCCC2COCc1ccccn1. The monoisotopic (exact) mass is 343 g/mol. The van der Waals surface area contributed by atoms with Gasteiger partial charge in [0.05, 0.1) is 37.7 Å². The van der Waals surface area contributed by atoms with Crippen molar-refractivity contribution in [2.24, 2.45) is 5.92 Å². The molecular weight excluding hydrogens is 322 g/mol. The van der Waals surface area contributed by atoms with Gasteiger partial charge in [0.2, 0.25) is 5.76 Å². The summed E-state index contributed by atoms with van der Waals surface area (Å²) in [6.45, 7) is 4.73. The Hall–Kier alpha value is -2.25. The molecule has 2 saturated heterocycles. The maximum absolute atomic E-state index is 12.5. The van der Waals surface area contributed by atoms with Crippen LogP contribution in [0.1, 0.15) is 28.4 Å². The molecule has 2 aliphatic heterocycles. The van der Waals surface area contributed by atoms with Crippen molar-refractivity contribution in [3.05, 3.63) is 47.9 Å². The molecule has 2 aromatic rings. The average Bonchev–Trinajstić information content (AvgIpc) is 3.20. The van der Waals surface area contributed by atoms with Crippen LogP contribution in [-0.4, -0.2) is 52.7 Å². The molecule has 0 N–H and O–H groups in total.